The van der Waals surface area contributed by atoms with Crippen molar-refractivity contribution >= 4 is 11.7 Å². The SMILES string of the molecule is CC1CCC(C(C)C)C(c2cccc(N)c2C(=O)[O-])C1. The predicted octanol–water partition coefficient (Wildman–Crippen LogP) is 2.81. The molecule has 0 amide bonds. The Hall–Kier alpha value is -1.51. The maximum absolute atomic E-state index is 11.5. The molecular weight excluding hydrogens is 250 g/mol. The fourth-order valence-electron chi connectivity index (χ4n) is 3.69. The number of nitrogen functional groups attached to an aromatic ring is 1. The third-order valence-corrected chi connectivity index (χ3v) is 4.75. The molecule has 3 atom stereocenters. The van der Waals surface area contributed by atoms with E-state index in [-0.39, 0.29) is 11.5 Å². The largest absolute Gasteiger partial charge is 0.545 e. The summed E-state index contributed by atoms with van der Waals surface area (Å²) < 4.78 is 0. The predicted molar refractivity (Wildman–Crippen MR) is 79.3 cm³/mol. The lowest BCUT2D eigenvalue weighted by molar-refractivity contribution is -0.255. The van der Waals surface area contributed by atoms with Gasteiger partial charge >= 0.3 is 0 Å². The van der Waals surface area contributed by atoms with Gasteiger partial charge in [0.05, 0.1) is 5.97 Å². The zero-order chi connectivity index (χ0) is 14.9. The van der Waals surface area contributed by atoms with Crippen LogP contribution in [0, 0.1) is 17.8 Å². The van der Waals surface area contributed by atoms with E-state index >= 15 is 0 Å². The normalized spacial score (nSPS) is 26.7. The van der Waals surface area contributed by atoms with Crippen LogP contribution in [0.2, 0.25) is 0 Å². The molecule has 3 nitrogen and oxygen atoms in total. The lowest BCUT2D eigenvalue weighted by Crippen LogP contribution is -2.31. The van der Waals surface area contributed by atoms with Crippen molar-refractivity contribution in [1.29, 1.82) is 0 Å². The zero-order valence-electron chi connectivity index (χ0n) is 12.6. The average molecular weight is 274 g/mol. The first-order valence-electron chi connectivity index (χ1n) is 7.51. The van der Waals surface area contributed by atoms with Gasteiger partial charge < -0.3 is 15.6 Å². The van der Waals surface area contributed by atoms with Crippen LogP contribution >= 0.6 is 0 Å². The van der Waals surface area contributed by atoms with Gasteiger partial charge in [-0.25, -0.2) is 0 Å². The molecule has 0 aromatic heterocycles. The number of carbonyl (C=O) groups excluding carboxylic acids is 1. The van der Waals surface area contributed by atoms with Crippen LogP contribution in [0.4, 0.5) is 5.69 Å². The standard InChI is InChI=1S/C17H25NO2/c1-10(2)12-8-7-11(3)9-14(12)13-5-4-6-15(18)16(13)17(19)20/h4-6,10-12,14H,7-9,18H2,1-3H3,(H,19,20)/p-1. The van der Waals surface area contributed by atoms with Crippen LogP contribution in [-0.4, -0.2) is 5.97 Å². The molecule has 20 heavy (non-hydrogen) atoms. The van der Waals surface area contributed by atoms with E-state index in [2.05, 4.69) is 20.8 Å². The molecule has 3 unspecified atom stereocenters. The molecule has 0 radical (unpaired) electrons. The third kappa shape index (κ3) is 2.82. The van der Waals surface area contributed by atoms with E-state index in [1.165, 1.54) is 6.42 Å². The van der Waals surface area contributed by atoms with E-state index in [1.807, 2.05) is 12.1 Å². The van der Waals surface area contributed by atoms with Crippen molar-refractivity contribution in [2.24, 2.45) is 17.8 Å². The molecule has 3 heteroatoms. The first kappa shape index (κ1) is 14.9. The van der Waals surface area contributed by atoms with Gasteiger partial charge in [-0.2, -0.15) is 0 Å². The number of nitrogens with two attached hydrogens (primary N) is 1. The van der Waals surface area contributed by atoms with Gasteiger partial charge in [-0.3, -0.25) is 0 Å². The van der Waals surface area contributed by atoms with Crippen molar-refractivity contribution in [2.45, 2.75) is 46.0 Å². The molecule has 0 aliphatic heterocycles. The van der Waals surface area contributed by atoms with E-state index in [4.69, 9.17) is 5.73 Å². The highest BCUT2D eigenvalue weighted by atomic mass is 16.4. The fraction of sp³-hybridized carbons (Fsp3) is 0.588. The van der Waals surface area contributed by atoms with Crippen molar-refractivity contribution in [3.63, 3.8) is 0 Å². The molecule has 0 heterocycles. The lowest BCUT2D eigenvalue weighted by atomic mass is 9.67. The Kier molecular flexibility index (Phi) is 4.36. The summed E-state index contributed by atoms with van der Waals surface area (Å²) in [6, 6.07) is 5.42. The highest BCUT2D eigenvalue weighted by Crippen LogP contribution is 2.45. The Balaban J connectivity index is 2.46. The van der Waals surface area contributed by atoms with Gasteiger partial charge in [0.15, 0.2) is 0 Å². The zero-order valence-corrected chi connectivity index (χ0v) is 12.6. The number of hydrogen-bond acceptors (Lipinski definition) is 3. The number of carbonyl (C=O) groups is 1. The molecule has 1 fully saturated rings. The quantitative estimate of drug-likeness (QED) is 0.862. The molecule has 2 rings (SSSR count). The Morgan fingerprint density at radius 1 is 1.35 bits per heavy atom. The van der Waals surface area contributed by atoms with Gasteiger partial charge in [-0.1, -0.05) is 39.3 Å². The van der Waals surface area contributed by atoms with Gasteiger partial charge in [0.1, 0.15) is 0 Å². The minimum atomic E-state index is -1.15. The molecule has 1 aliphatic rings. The van der Waals surface area contributed by atoms with Crippen LogP contribution in [0.5, 0.6) is 0 Å². The summed E-state index contributed by atoms with van der Waals surface area (Å²) in [4.78, 5) is 11.5. The Labute approximate surface area is 121 Å². The van der Waals surface area contributed by atoms with Crippen molar-refractivity contribution in [3.05, 3.63) is 29.3 Å². The lowest BCUT2D eigenvalue weighted by Gasteiger charge is -2.39. The van der Waals surface area contributed by atoms with E-state index in [0.29, 0.717) is 23.4 Å². The van der Waals surface area contributed by atoms with Crippen molar-refractivity contribution in [1.82, 2.24) is 0 Å². The van der Waals surface area contributed by atoms with Gasteiger partial charge in [0, 0.05) is 11.3 Å². The molecule has 0 bridgehead atoms. The van der Waals surface area contributed by atoms with Gasteiger partial charge in [0.25, 0.3) is 0 Å². The van der Waals surface area contributed by atoms with Crippen LogP contribution in [0.1, 0.15) is 61.9 Å². The second-order valence-electron chi connectivity index (χ2n) is 6.53. The van der Waals surface area contributed by atoms with Crippen LogP contribution in [0.3, 0.4) is 0 Å². The highest BCUT2D eigenvalue weighted by Gasteiger charge is 2.33. The van der Waals surface area contributed by atoms with E-state index < -0.39 is 5.97 Å². The highest BCUT2D eigenvalue weighted by molar-refractivity contribution is 5.94. The summed E-state index contributed by atoms with van der Waals surface area (Å²) in [5.74, 6) is 0.814. The monoisotopic (exact) mass is 274 g/mol. The molecule has 1 aromatic rings. The van der Waals surface area contributed by atoms with Crippen LogP contribution in [0.15, 0.2) is 18.2 Å². The molecule has 0 spiro atoms. The second kappa shape index (κ2) is 5.86. The van der Waals surface area contributed by atoms with Crippen LogP contribution in [0.25, 0.3) is 0 Å². The van der Waals surface area contributed by atoms with E-state index in [9.17, 15) is 9.90 Å². The fourth-order valence-corrected chi connectivity index (χ4v) is 3.69. The summed E-state index contributed by atoms with van der Waals surface area (Å²) >= 11 is 0. The van der Waals surface area contributed by atoms with Gasteiger partial charge in [0.2, 0.25) is 0 Å². The van der Waals surface area contributed by atoms with Crippen molar-refractivity contribution in [3.8, 4) is 0 Å². The van der Waals surface area contributed by atoms with Crippen LogP contribution in [-0.2, 0) is 0 Å². The molecule has 2 N–H and O–H groups in total. The maximum atomic E-state index is 11.5. The number of carboxylic acids is 1. The summed E-state index contributed by atoms with van der Waals surface area (Å²) in [5.41, 5.74) is 7.26. The minimum Gasteiger partial charge on any atom is -0.545 e. The molecule has 110 valence electrons. The smallest absolute Gasteiger partial charge is 0.0738 e. The molecule has 0 saturated heterocycles. The molecule has 1 aromatic carbocycles. The number of hydrogen-bond donors (Lipinski definition) is 1. The second-order valence-corrected chi connectivity index (χ2v) is 6.53. The number of carboxylic acid groups (broad SMARTS) is 1. The molecular formula is C17H24NO2-. The third-order valence-electron chi connectivity index (χ3n) is 4.75. The Bertz CT molecular complexity index is 496. The van der Waals surface area contributed by atoms with Crippen molar-refractivity contribution < 1.29 is 9.90 Å². The summed E-state index contributed by atoms with van der Waals surface area (Å²) in [7, 11) is 0. The maximum Gasteiger partial charge on any atom is 0.0738 e. The summed E-state index contributed by atoms with van der Waals surface area (Å²) in [6.07, 6.45) is 3.42. The van der Waals surface area contributed by atoms with Gasteiger partial charge in [-0.15, -0.1) is 0 Å². The van der Waals surface area contributed by atoms with Crippen LogP contribution < -0.4 is 10.8 Å². The topological polar surface area (TPSA) is 66.2 Å². The Morgan fingerprint density at radius 2 is 2.05 bits per heavy atom. The summed E-state index contributed by atoms with van der Waals surface area (Å²) in [6.45, 7) is 6.69. The number of anilines is 1. The first-order valence-corrected chi connectivity index (χ1v) is 7.51. The molecule has 1 aliphatic carbocycles. The number of aromatic carboxylic acids is 1. The first-order chi connectivity index (χ1) is 9.41. The van der Waals surface area contributed by atoms with Crippen molar-refractivity contribution in [2.75, 3.05) is 5.73 Å². The average Bonchev–Trinajstić information content (AvgIpc) is 2.37. The minimum absolute atomic E-state index is 0.206. The number of benzene rings is 1. The van der Waals surface area contributed by atoms with Gasteiger partial charge in [-0.05, 0) is 48.1 Å². The number of rotatable bonds is 3. The molecule has 1 saturated carbocycles. The van der Waals surface area contributed by atoms with E-state index in [0.717, 1.165) is 18.4 Å². The Morgan fingerprint density at radius 3 is 2.65 bits per heavy atom. The summed E-state index contributed by atoms with van der Waals surface area (Å²) in [5, 5.41) is 11.5. The van der Waals surface area contributed by atoms with E-state index in [1.54, 1.807) is 6.07 Å².